The maximum Gasteiger partial charge on any atom is 0.289 e. The molecule has 0 aliphatic rings. The van der Waals surface area contributed by atoms with E-state index >= 15 is 0 Å². The van der Waals surface area contributed by atoms with Gasteiger partial charge in [0.2, 0.25) is 0 Å². The van der Waals surface area contributed by atoms with E-state index in [9.17, 15) is 0 Å². The first-order valence-electron chi connectivity index (χ1n) is 1.06. The van der Waals surface area contributed by atoms with Crippen LogP contribution in [-0.2, 0) is 25.6 Å². The summed E-state index contributed by atoms with van der Waals surface area (Å²) in [5, 5.41) is 0. The third-order valence-electron chi connectivity index (χ3n) is 0.136. The van der Waals surface area contributed by atoms with Crippen molar-refractivity contribution in [3.63, 3.8) is 0 Å². The van der Waals surface area contributed by atoms with Gasteiger partial charge >= 0.3 is 0 Å². The minimum absolute atomic E-state index is 1.42. The highest BCUT2D eigenvalue weighted by atomic mass is 32.1. The van der Waals surface area contributed by atoms with Crippen LogP contribution >= 0.6 is 0 Å². The van der Waals surface area contributed by atoms with E-state index in [1.807, 2.05) is 0 Å². The summed E-state index contributed by atoms with van der Waals surface area (Å²) in [5.74, 6) is 0. The number of hydrogen-bond acceptors (Lipinski definition) is 2. The summed E-state index contributed by atoms with van der Waals surface area (Å²) >= 11 is 8.59. The SMILES string of the molecule is [S-]/[NH+]=C/[NH2+][S-]. The molecule has 30 valence electrons. The Morgan fingerprint density at radius 2 is 2.40 bits per heavy atom. The van der Waals surface area contributed by atoms with Crippen LogP contribution in [0.1, 0.15) is 0 Å². The largest absolute Gasteiger partial charge is 0.487 e. The van der Waals surface area contributed by atoms with Crippen molar-refractivity contribution in [3.05, 3.63) is 0 Å². The number of nitrogens with one attached hydrogen (secondary N) is 1. The van der Waals surface area contributed by atoms with Gasteiger partial charge in [-0.25, -0.2) is 0 Å². The highest BCUT2D eigenvalue weighted by Crippen LogP contribution is 0.774. The van der Waals surface area contributed by atoms with Gasteiger partial charge in [0, 0.05) is 0 Å². The average Bonchev–Trinajstić information content (AvgIpc) is 1.41. The van der Waals surface area contributed by atoms with E-state index in [2.05, 4.69) is 30.0 Å². The molecule has 0 aromatic heterocycles. The van der Waals surface area contributed by atoms with E-state index in [0.717, 1.165) is 0 Å². The molecular weight excluding hydrogens is 104 g/mol. The Bertz CT molecular complexity index is 34.6. The Kier molecular flexibility index (Phi) is 4.37. The van der Waals surface area contributed by atoms with Crippen LogP contribution in [0.15, 0.2) is 0 Å². The first-order valence-corrected chi connectivity index (χ1v) is 1.94. The average molecular weight is 108 g/mol. The summed E-state index contributed by atoms with van der Waals surface area (Å²) < 4.78 is 3.74. The van der Waals surface area contributed by atoms with Crippen molar-refractivity contribution >= 4 is 32.0 Å². The lowest BCUT2D eigenvalue weighted by Gasteiger charge is -1.81. The Morgan fingerprint density at radius 3 is 2.40 bits per heavy atom. The van der Waals surface area contributed by atoms with Crippen molar-refractivity contribution < 1.29 is 9.12 Å². The molecule has 0 aliphatic heterocycles. The van der Waals surface area contributed by atoms with Gasteiger partial charge in [-0.1, -0.05) is 0 Å². The third-order valence-corrected chi connectivity index (χ3v) is 0.408. The topological polar surface area (TPSA) is 30.6 Å². The van der Waals surface area contributed by atoms with Gasteiger partial charge in [0.1, 0.15) is 0 Å². The monoisotopic (exact) mass is 108 g/mol. The summed E-state index contributed by atoms with van der Waals surface area (Å²) in [5.41, 5.74) is 0. The molecule has 2 nitrogen and oxygen atoms in total. The van der Waals surface area contributed by atoms with E-state index < -0.39 is 0 Å². The molecule has 0 saturated carbocycles. The van der Waals surface area contributed by atoms with Crippen molar-refractivity contribution in [2.24, 2.45) is 0 Å². The van der Waals surface area contributed by atoms with Crippen molar-refractivity contribution in [1.29, 1.82) is 0 Å². The fraction of sp³-hybridized carbons (Fsp3) is 0. The van der Waals surface area contributed by atoms with Crippen LogP contribution in [0.25, 0.3) is 0 Å². The molecule has 0 aliphatic carbocycles. The standard InChI is InChI=1S/CH4N2S2/c4-2-1-3-5/h1-2H,3H2/b2-1+. The van der Waals surface area contributed by atoms with Crippen molar-refractivity contribution in [2.45, 2.75) is 0 Å². The van der Waals surface area contributed by atoms with Gasteiger partial charge in [-0.2, -0.15) is 0 Å². The maximum atomic E-state index is 4.34. The molecular formula is CH4N2S2. The van der Waals surface area contributed by atoms with Crippen LogP contribution in [-0.4, -0.2) is 6.34 Å². The highest BCUT2D eigenvalue weighted by Gasteiger charge is 1.46. The fourth-order valence-electron chi connectivity index (χ4n) is 0.0278. The Labute approximate surface area is 41.8 Å². The minimum atomic E-state index is 1.42. The van der Waals surface area contributed by atoms with E-state index in [1.165, 1.54) is 11.1 Å². The van der Waals surface area contributed by atoms with Crippen LogP contribution in [0.2, 0.25) is 0 Å². The summed E-state index contributed by atoms with van der Waals surface area (Å²) in [6, 6.07) is 0. The summed E-state index contributed by atoms with van der Waals surface area (Å²) in [6.07, 6.45) is 1.50. The molecule has 5 heavy (non-hydrogen) atoms. The van der Waals surface area contributed by atoms with Crippen LogP contribution in [0.5, 0.6) is 0 Å². The molecule has 0 heterocycles. The van der Waals surface area contributed by atoms with Crippen molar-refractivity contribution in [3.8, 4) is 0 Å². The number of rotatable bonds is 1. The molecule has 0 spiro atoms. The van der Waals surface area contributed by atoms with Crippen LogP contribution in [0.3, 0.4) is 0 Å². The van der Waals surface area contributed by atoms with Gasteiger partial charge in [-0.05, 0) is 0 Å². The van der Waals surface area contributed by atoms with Gasteiger partial charge in [-0.15, -0.1) is 0 Å². The minimum Gasteiger partial charge on any atom is -0.487 e. The predicted molar refractivity (Wildman–Crippen MR) is 23.7 cm³/mol. The fourth-order valence-corrected chi connectivity index (χ4v) is 0.250. The summed E-state index contributed by atoms with van der Waals surface area (Å²) in [4.78, 5) is 0. The van der Waals surface area contributed by atoms with Gasteiger partial charge in [0.25, 0.3) is 6.34 Å². The zero-order chi connectivity index (χ0) is 4.12. The number of quaternary nitrogens is 1. The normalized spacial score (nSPS) is 9.80. The molecule has 0 amide bonds. The third kappa shape index (κ3) is 4.20. The molecule has 0 radical (unpaired) electrons. The second kappa shape index (κ2) is 4.20. The molecule has 0 atom stereocenters. The smallest absolute Gasteiger partial charge is 0.289 e. The second-order valence-electron chi connectivity index (χ2n) is 0.421. The second-order valence-corrected chi connectivity index (χ2v) is 0.928. The van der Waals surface area contributed by atoms with E-state index in [4.69, 9.17) is 0 Å². The predicted octanol–water partition coefficient (Wildman–Crippen LogP) is -3.42. The summed E-state index contributed by atoms with van der Waals surface area (Å²) in [7, 11) is 0. The van der Waals surface area contributed by atoms with E-state index in [-0.39, 0.29) is 0 Å². The zero-order valence-corrected chi connectivity index (χ0v) is 4.10. The van der Waals surface area contributed by atoms with Crippen LogP contribution < -0.4 is 9.12 Å². The zero-order valence-electron chi connectivity index (χ0n) is 2.47. The van der Waals surface area contributed by atoms with Crippen molar-refractivity contribution in [2.75, 3.05) is 0 Å². The Morgan fingerprint density at radius 1 is 1.80 bits per heavy atom. The van der Waals surface area contributed by atoms with Crippen LogP contribution in [0, 0.1) is 0 Å². The lowest BCUT2D eigenvalue weighted by Crippen LogP contribution is -2.87. The first kappa shape index (κ1) is 5.20. The lowest BCUT2D eigenvalue weighted by molar-refractivity contribution is -0.405. The first-order chi connectivity index (χ1) is 2.41. The molecule has 0 rings (SSSR count). The molecule has 4 heteroatoms. The molecule has 0 aromatic carbocycles. The van der Waals surface area contributed by atoms with Gasteiger partial charge < -0.3 is 34.7 Å². The highest BCUT2D eigenvalue weighted by molar-refractivity contribution is 7.51. The van der Waals surface area contributed by atoms with Gasteiger partial charge in [0.05, 0.1) is 0 Å². The quantitative estimate of drug-likeness (QED) is 0.208. The van der Waals surface area contributed by atoms with Crippen molar-refractivity contribution in [1.82, 2.24) is 0 Å². The van der Waals surface area contributed by atoms with E-state index in [1.54, 1.807) is 0 Å². The molecule has 0 bridgehead atoms. The molecule has 0 fully saturated rings. The molecule has 3 N–H and O–H groups in total. The maximum absolute atomic E-state index is 4.34. The Balaban J connectivity index is 2.62. The molecule has 0 unspecified atom stereocenters. The number of nitrogens with two attached hydrogens (primary N) is 1. The molecule has 0 aromatic rings. The van der Waals surface area contributed by atoms with Crippen LogP contribution in [0.4, 0.5) is 0 Å². The summed E-state index contributed by atoms with van der Waals surface area (Å²) in [6.45, 7) is 0. The number of hydrogen-bond donors (Lipinski definition) is 2. The van der Waals surface area contributed by atoms with Gasteiger partial charge in [-0.3, -0.25) is 0 Å². The molecule has 0 saturated heterocycles. The Hall–Kier alpha value is 0.200. The van der Waals surface area contributed by atoms with Gasteiger partial charge in [0.15, 0.2) is 0 Å². The lowest BCUT2D eigenvalue weighted by atomic mass is 11.4. The van der Waals surface area contributed by atoms with E-state index in [0.29, 0.717) is 0 Å².